The van der Waals surface area contributed by atoms with Crippen molar-refractivity contribution in [2.45, 2.75) is 18.6 Å². The maximum atomic E-state index is 12.1. The summed E-state index contributed by atoms with van der Waals surface area (Å²) in [4.78, 5) is 0. The van der Waals surface area contributed by atoms with E-state index in [1.54, 1.807) is 18.2 Å². The van der Waals surface area contributed by atoms with Gasteiger partial charge in [0.25, 0.3) is 10.0 Å². The van der Waals surface area contributed by atoms with Crippen molar-refractivity contribution in [3.63, 3.8) is 0 Å². The fraction of sp³-hybridized carbons (Fsp3) is 0.167. The molecule has 0 radical (unpaired) electrons. The molecule has 2 aromatic rings. The summed E-state index contributed by atoms with van der Waals surface area (Å²) < 4.78 is 32.7. The van der Waals surface area contributed by atoms with E-state index in [1.807, 2.05) is 13.0 Å². The van der Waals surface area contributed by atoms with Gasteiger partial charge in [-0.15, -0.1) is 0 Å². The lowest BCUT2D eigenvalue weighted by Crippen LogP contribution is -2.13. The van der Waals surface area contributed by atoms with E-state index in [2.05, 4.69) is 20.7 Å². The van der Waals surface area contributed by atoms with Crippen LogP contribution >= 0.6 is 15.9 Å². The third-order valence-electron chi connectivity index (χ3n) is 2.54. The normalized spacial score (nSPS) is 11.5. The van der Waals surface area contributed by atoms with Gasteiger partial charge in [0.1, 0.15) is 5.76 Å². The van der Waals surface area contributed by atoms with Crippen LogP contribution in [0.4, 0.5) is 5.69 Å². The van der Waals surface area contributed by atoms with Crippen LogP contribution in [0.25, 0.3) is 0 Å². The van der Waals surface area contributed by atoms with Gasteiger partial charge in [0, 0.05) is 4.47 Å². The molecule has 5 nitrogen and oxygen atoms in total. The summed E-state index contributed by atoms with van der Waals surface area (Å²) in [5.74, 6) is 0.424. The Morgan fingerprint density at radius 2 is 2.05 bits per heavy atom. The van der Waals surface area contributed by atoms with E-state index in [9.17, 15) is 8.42 Å². The largest absolute Gasteiger partial charge is 0.446 e. The number of rotatable bonds is 4. The monoisotopic (exact) mass is 344 g/mol. The highest BCUT2D eigenvalue weighted by molar-refractivity contribution is 9.10. The molecule has 0 amide bonds. The third-order valence-corrected chi connectivity index (χ3v) is 4.27. The molecule has 3 N–H and O–H groups in total. The minimum Gasteiger partial charge on any atom is -0.446 e. The molecule has 0 saturated heterocycles. The fourth-order valence-corrected chi connectivity index (χ4v) is 3.11. The van der Waals surface area contributed by atoms with Gasteiger partial charge in [-0.2, -0.15) is 8.42 Å². The van der Waals surface area contributed by atoms with Crippen LogP contribution in [0.5, 0.6) is 0 Å². The Hall–Kier alpha value is -1.31. The average molecular weight is 345 g/mol. The van der Waals surface area contributed by atoms with Crippen molar-refractivity contribution in [2.75, 3.05) is 4.72 Å². The first-order valence-electron chi connectivity index (χ1n) is 5.50. The molecule has 19 heavy (non-hydrogen) atoms. The first kappa shape index (κ1) is 14.1. The summed E-state index contributed by atoms with van der Waals surface area (Å²) in [5.41, 5.74) is 6.70. The standard InChI is InChI=1S/C12H13BrN2O3S/c1-8-6-9(13)2-4-11(8)15-19(16,17)12-5-3-10(7-14)18-12/h2-6,15H,7,14H2,1H3. The number of anilines is 1. The third kappa shape index (κ3) is 3.17. The Morgan fingerprint density at radius 3 is 2.63 bits per heavy atom. The molecule has 0 fully saturated rings. The smallest absolute Gasteiger partial charge is 0.295 e. The van der Waals surface area contributed by atoms with E-state index in [0.717, 1.165) is 10.0 Å². The van der Waals surface area contributed by atoms with Gasteiger partial charge < -0.3 is 10.2 Å². The van der Waals surface area contributed by atoms with Crippen molar-refractivity contribution >= 4 is 31.6 Å². The lowest BCUT2D eigenvalue weighted by molar-refractivity contribution is 0.417. The molecule has 102 valence electrons. The first-order chi connectivity index (χ1) is 8.92. The van der Waals surface area contributed by atoms with E-state index >= 15 is 0 Å². The van der Waals surface area contributed by atoms with Crippen LogP contribution in [-0.4, -0.2) is 8.42 Å². The van der Waals surface area contributed by atoms with Crippen molar-refractivity contribution in [3.8, 4) is 0 Å². The van der Waals surface area contributed by atoms with E-state index in [-0.39, 0.29) is 11.6 Å². The Bertz CT molecular complexity index is 695. The van der Waals surface area contributed by atoms with Gasteiger partial charge in [-0.1, -0.05) is 15.9 Å². The molecule has 2 rings (SSSR count). The second-order valence-corrected chi connectivity index (χ2v) is 6.52. The van der Waals surface area contributed by atoms with Crippen LogP contribution < -0.4 is 10.5 Å². The Morgan fingerprint density at radius 1 is 1.32 bits per heavy atom. The number of sulfonamides is 1. The van der Waals surface area contributed by atoms with Crippen LogP contribution in [-0.2, 0) is 16.6 Å². The second-order valence-electron chi connectivity index (χ2n) is 3.99. The number of benzene rings is 1. The minimum atomic E-state index is -3.73. The summed E-state index contributed by atoms with van der Waals surface area (Å²) in [7, 11) is -3.73. The second kappa shape index (κ2) is 5.36. The van der Waals surface area contributed by atoms with Crippen molar-refractivity contribution in [3.05, 3.63) is 46.1 Å². The molecule has 7 heteroatoms. The summed E-state index contributed by atoms with van der Waals surface area (Å²) >= 11 is 3.32. The van der Waals surface area contributed by atoms with Crippen molar-refractivity contribution < 1.29 is 12.8 Å². The minimum absolute atomic E-state index is 0.143. The maximum absolute atomic E-state index is 12.1. The summed E-state index contributed by atoms with van der Waals surface area (Å²) in [5, 5.41) is -0.143. The summed E-state index contributed by atoms with van der Waals surface area (Å²) in [6, 6.07) is 8.20. The van der Waals surface area contributed by atoms with E-state index < -0.39 is 10.0 Å². The lowest BCUT2D eigenvalue weighted by atomic mass is 10.2. The average Bonchev–Trinajstić information content (AvgIpc) is 2.82. The first-order valence-corrected chi connectivity index (χ1v) is 7.78. The number of halogens is 1. The Labute approximate surface area is 120 Å². The molecule has 0 unspecified atom stereocenters. The Kier molecular flexibility index (Phi) is 3.98. The van der Waals surface area contributed by atoms with Gasteiger partial charge in [-0.05, 0) is 42.8 Å². The number of nitrogens with one attached hydrogen (secondary N) is 1. The zero-order valence-corrected chi connectivity index (χ0v) is 12.6. The highest BCUT2D eigenvalue weighted by Crippen LogP contribution is 2.23. The highest BCUT2D eigenvalue weighted by atomic mass is 79.9. The maximum Gasteiger partial charge on any atom is 0.295 e. The molecular weight excluding hydrogens is 332 g/mol. The molecular formula is C12H13BrN2O3S. The SMILES string of the molecule is Cc1cc(Br)ccc1NS(=O)(=O)c1ccc(CN)o1. The molecule has 1 heterocycles. The molecule has 0 bridgehead atoms. The van der Waals surface area contributed by atoms with Crippen molar-refractivity contribution in [1.82, 2.24) is 0 Å². The molecule has 1 aromatic carbocycles. The number of hydrogen-bond acceptors (Lipinski definition) is 4. The molecule has 0 atom stereocenters. The summed E-state index contributed by atoms with van der Waals surface area (Å²) in [6.45, 7) is 1.98. The molecule has 1 aromatic heterocycles. The van der Waals surface area contributed by atoms with Crippen LogP contribution in [0.2, 0.25) is 0 Å². The lowest BCUT2D eigenvalue weighted by Gasteiger charge is -2.09. The van der Waals surface area contributed by atoms with Gasteiger partial charge in [0.2, 0.25) is 5.09 Å². The van der Waals surface area contributed by atoms with Gasteiger partial charge in [-0.25, -0.2) is 0 Å². The van der Waals surface area contributed by atoms with Gasteiger partial charge in [0.15, 0.2) is 0 Å². The molecule has 0 saturated carbocycles. The van der Waals surface area contributed by atoms with Gasteiger partial charge in [-0.3, -0.25) is 4.72 Å². The quantitative estimate of drug-likeness (QED) is 0.892. The van der Waals surface area contributed by atoms with Crippen LogP contribution in [0, 0.1) is 6.92 Å². The number of nitrogens with two attached hydrogens (primary N) is 1. The zero-order valence-electron chi connectivity index (χ0n) is 10.2. The van der Waals surface area contributed by atoms with E-state index in [1.165, 1.54) is 6.07 Å². The molecule has 0 aliphatic heterocycles. The predicted molar refractivity (Wildman–Crippen MR) is 76.3 cm³/mol. The van der Waals surface area contributed by atoms with E-state index in [0.29, 0.717) is 11.4 Å². The number of aryl methyl sites for hydroxylation is 1. The van der Waals surface area contributed by atoms with Crippen molar-refractivity contribution in [2.24, 2.45) is 5.73 Å². The van der Waals surface area contributed by atoms with Crippen LogP contribution in [0.3, 0.4) is 0 Å². The molecule has 0 spiro atoms. The van der Waals surface area contributed by atoms with Crippen LogP contribution in [0.15, 0.2) is 44.3 Å². The zero-order chi connectivity index (χ0) is 14.0. The molecule has 0 aliphatic carbocycles. The topological polar surface area (TPSA) is 85.3 Å². The molecule has 0 aliphatic rings. The highest BCUT2D eigenvalue weighted by Gasteiger charge is 2.19. The summed E-state index contributed by atoms with van der Waals surface area (Å²) in [6.07, 6.45) is 0. The van der Waals surface area contributed by atoms with Gasteiger partial charge >= 0.3 is 0 Å². The Balaban J connectivity index is 2.30. The predicted octanol–water partition coefficient (Wildman–Crippen LogP) is 2.61. The van der Waals surface area contributed by atoms with Crippen LogP contribution in [0.1, 0.15) is 11.3 Å². The number of hydrogen-bond donors (Lipinski definition) is 2. The fourth-order valence-electron chi connectivity index (χ4n) is 1.55. The van der Waals surface area contributed by atoms with Gasteiger partial charge in [0.05, 0.1) is 12.2 Å². The van der Waals surface area contributed by atoms with E-state index in [4.69, 9.17) is 10.2 Å². The number of furan rings is 1. The van der Waals surface area contributed by atoms with Crippen molar-refractivity contribution in [1.29, 1.82) is 0 Å².